The highest BCUT2D eigenvalue weighted by Gasteiger charge is 2.19. The van der Waals surface area contributed by atoms with Gasteiger partial charge in [0.15, 0.2) is 17.3 Å². The van der Waals surface area contributed by atoms with E-state index in [-0.39, 0.29) is 0 Å². The normalized spacial score (nSPS) is 16.6. The van der Waals surface area contributed by atoms with E-state index in [0.29, 0.717) is 17.7 Å². The maximum absolute atomic E-state index is 4.73. The Kier molecular flexibility index (Phi) is 4.58. The Morgan fingerprint density at radius 1 is 1.23 bits per heavy atom. The summed E-state index contributed by atoms with van der Waals surface area (Å²) < 4.78 is 1.99. The van der Waals surface area contributed by atoms with Gasteiger partial charge in [0.05, 0.1) is 12.4 Å². The Hall–Kier alpha value is -2.48. The van der Waals surface area contributed by atoms with E-state index >= 15 is 0 Å². The fourth-order valence-electron chi connectivity index (χ4n) is 3.36. The molecule has 0 atom stereocenters. The molecule has 8 nitrogen and oxygen atoms in total. The van der Waals surface area contributed by atoms with Crippen molar-refractivity contribution < 1.29 is 0 Å². The molecule has 4 rings (SSSR count). The van der Waals surface area contributed by atoms with Crippen LogP contribution in [0.2, 0.25) is 0 Å². The Morgan fingerprint density at radius 2 is 2.04 bits per heavy atom. The number of fused-ring (bicyclic) bond motifs is 1. The van der Waals surface area contributed by atoms with Crippen molar-refractivity contribution in [2.45, 2.75) is 39.2 Å². The third kappa shape index (κ3) is 3.55. The number of nitrogens with zero attached hydrogens (tertiary/aromatic N) is 6. The van der Waals surface area contributed by atoms with Gasteiger partial charge in [-0.2, -0.15) is 10.2 Å². The minimum absolute atomic E-state index is 0.405. The number of likely N-dealkylation sites (tertiary alicyclic amines) is 1. The lowest BCUT2D eigenvalue weighted by atomic mass is 9.97. The van der Waals surface area contributed by atoms with E-state index in [1.165, 1.54) is 12.8 Å². The number of aromatic amines is 1. The zero-order valence-electron chi connectivity index (χ0n) is 15.6. The lowest BCUT2D eigenvalue weighted by Gasteiger charge is -2.28. The van der Waals surface area contributed by atoms with Crippen LogP contribution in [0.5, 0.6) is 0 Å². The summed E-state index contributed by atoms with van der Waals surface area (Å²) >= 11 is 0. The van der Waals surface area contributed by atoms with Crippen LogP contribution in [0.3, 0.4) is 0 Å². The van der Waals surface area contributed by atoms with E-state index in [1.54, 1.807) is 12.4 Å². The molecule has 3 aromatic heterocycles. The van der Waals surface area contributed by atoms with Crippen LogP contribution in [0.1, 0.15) is 38.3 Å². The number of H-pyrrole nitrogens is 1. The van der Waals surface area contributed by atoms with Crippen LogP contribution in [-0.4, -0.2) is 55.0 Å². The molecule has 26 heavy (non-hydrogen) atoms. The van der Waals surface area contributed by atoms with E-state index in [4.69, 9.17) is 4.98 Å². The van der Waals surface area contributed by atoms with Crippen LogP contribution >= 0.6 is 0 Å². The average molecular weight is 354 g/mol. The van der Waals surface area contributed by atoms with E-state index in [2.05, 4.69) is 51.4 Å². The molecule has 3 aromatic rings. The molecule has 0 aromatic carbocycles. The maximum Gasteiger partial charge on any atom is 0.178 e. The number of hydrogen-bond acceptors (Lipinski definition) is 6. The van der Waals surface area contributed by atoms with Gasteiger partial charge in [-0.3, -0.25) is 5.10 Å². The second kappa shape index (κ2) is 7.03. The zero-order valence-corrected chi connectivity index (χ0v) is 15.6. The predicted molar refractivity (Wildman–Crippen MR) is 102 cm³/mol. The summed E-state index contributed by atoms with van der Waals surface area (Å²) in [7, 11) is 2.18. The van der Waals surface area contributed by atoms with Gasteiger partial charge in [0, 0.05) is 18.3 Å². The Balaban J connectivity index is 1.52. The summed E-state index contributed by atoms with van der Waals surface area (Å²) in [6.07, 6.45) is 5.93. The molecule has 0 aliphatic carbocycles. The molecule has 1 saturated heterocycles. The lowest BCUT2D eigenvalue weighted by molar-refractivity contribution is 0.202. The first-order valence-electron chi connectivity index (χ1n) is 9.28. The van der Waals surface area contributed by atoms with Crippen LogP contribution in [0.4, 0.5) is 11.6 Å². The van der Waals surface area contributed by atoms with Crippen LogP contribution in [0, 0.1) is 5.92 Å². The quantitative estimate of drug-likeness (QED) is 0.732. The van der Waals surface area contributed by atoms with Crippen LogP contribution in [-0.2, 0) is 6.54 Å². The maximum atomic E-state index is 4.73. The highest BCUT2D eigenvalue weighted by Crippen LogP contribution is 2.22. The number of piperidine rings is 1. The smallest absolute Gasteiger partial charge is 0.178 e. The molecule has 0 unspecified atom stereocenters. The number of anilines is 2. The van der Waals surface area contributed by atoms with Crippen molar-refractivity contribution in [1.29, 1.82) is 0 Å². The third-order valence-corrected chi connectivity index (χ3v) is 5.09. The Morgan fingerprint density at radius 3 is 2.77 bits per heavy atom. The van der Waals surface area contributed by atoms with Gasteiger partial charge in [0.1, 0.15) is 5.52 Å². The zero-order chi connectivity index (χ0) is 18.1. The molecule has 1 aliphatic heterocycles. The van der Waals surface area contributed by atoms with Crippen LogP contribution in [0.15, 0.2) is 18.5 Å². The van der Waals surface area contributed by atoms with Crippen molar-refractivity contribution in [2.75, 3.05) is 25.5 Å². The molecule has 0 bridgehead atoms. The van der Waals surface area contributed by atoms with Gasteiger partial charge in [-0.1, -0.05) is 13.8 Å². The number of rotatable bonds is 5. The molecule has 8 heteroatoms. The average Bonchev–Trinajstić information content (AvgIpc) is 3.25. The monoisotopic (exact) mass is 354 g/mol. The van der Waals surface area contributed by atoms with Crippen LogP contribution in [0.25, 0.3) is 11.2 Å². The topological polar surface area (TPSA) is 87.6 Å². The molecule has 1 fully saturated rings. The van der Waals surface area contributed by atoms with Crippen LogP contribution < -0.4 is 5.32 Å². The van der Waals surface area contributed by atoms with Crippen molar-refractivity contribution >= 4 is 22.8 Å². The highest BCUT2D eigenvalue weighted by molar-refractivity contribution is 5.71. The summed E-state index contributed by atoms with van der Waals surface area (Å²) in [4.78, 5) is 11.6. The lowest BCUT2D eigenvalue weighted by Crippen LogP contribution is -2.32. The largest absolute Gasteiger partial charge is 0.322 e. The molecule has 0 radical (unpaired) electrons. The number of nitrogens with one attached hydrogen (secondary N) is 2. The number of aromatic nitrogens is 6. The molecule has 0 saturated carbocycles. The van der Waals surface area contributed by atoms with Crippen molar-refractivity contribution in [3.05, 3.63) is 24.2 Å². The second-order valence-electron chi connectivity index (χ2n) is 7.53. The van der Waals surface area contributed by atoms with Gasteiger partial charge in [0.2, 0.25) is 0 Å². The third-order valence-electron chi connectivity index (χ3n) is 5.09. The van der Waals surface area contributed by atoms with Crippen molar-refractivity contribution in [3.8, 4) is 0 Å². The highest BCUT2D eigenvalue weighted by atomic mass is 15.3. The number of hydrogen-bond donors (Lipinski definition) is 2. The fraction of sp³-hybridized carbons (Fsp3) is 0.556. The first-order chi connectivity index (χ1) is 12.6. The summed E-state index contributed by atoms with van der Waals surface area (Å²) in [6.45, 7) is 7.46. The van der Waals surface area contributed by atoms with Crippen molar-refractivity contribution in [2.24, 2.45) is 5.92 Å². The predicted octanol–water partition coefficient (Wildman–Crippen LogP) is 2.76. The van der Waals surface area contributed by atoms with Gasteiger partial charge in [-0.05, 0) is 44.8 Å². The molecule has 2 N–H and O–H groups in total. The molecular formula is C18H26N8. The summed E-state index contributed by atoms with van der Waals surface area (Å²) in [5, 5.41) is 15.1. The summed E-state index contributed by atoms with van der Waals surface area (Å²) in [6, 6.07) is 2.01. The summed E-state index contributed by atoms with van der Waals surface area (Å²) in [5.74, 6) is 2.49. The summed E-state index contributed by atoms with van der Waals surface area (Å²) in [5.41, 5.74) is 2.75. The van der Waals surface area contributed by atoms with Gasteiger partial charge < -0.3 is 10.2 Å². The van der Waals surface area contributed by atoms with E-state index in [9.17, 15) is 0 Å². The van der Waals surface area contributed by atoms with E-state index in [0.717, 1.165) is 42.3 Å². The van der Waals surface area contributed by atoms with Gasteiger partial charge >= 0.3 is 0 Å². The molecule has 1 aliphatic rings. The van der Waals surface area contributed by atoms with E-state index in [1.807, 2.05) is 10.7 Å². The first-order valence-corrected chi connectivity index (χ1v) is 9.28. The SMILES string of the molecule is CC(C)c1cc(Nc2cnc3cnn(CC4CCN(C)CC4)c3n2)n[nH]1. The first kappa shape index (κ1) is 17.0. The van der Waals surface area contributed by atoms with Crippen molar-refractivity contribution in [1.82, 2.24) is 34.8 Å². The molecule has 138 valence electrons. The molecule has 0 amide bonds. The van der Waals surface area contributed by atoms with E-state index < -0.39 is 0 Å². The minimum atomic E-state index is 0.405. The molecule has 4 heterocycles. The molecular weight excluding hydrogens is 328 g/mol. The van der Waals surface area contributed by atoms with Gasteiger partial charge in [-0.15, -0.1) is 0 Å². The standard InChI is InChI=1S/C18H26N8/c1-12(2)14-8-16(24-23-14)21-17-10-19-15-9-20-26(18(15)22-17)11-13-4-6-25(3)7-5-13/h8-10,12-13H,4-7,11H2,1-3H3,(H2,21,22,23,24). The van der Waals surface area contributed by atoms with Gasteiger partial charge in [-0.25, -0.2) is 14.6 Å². The van der Waals surface area contributed by atoms with Gasteiger partial charge in [0.25, 0.3) is 0 Å². The fourth-order valence-corrected chi connectivity index (χ4v) is 3.36. The molecule has 0 spiro atoms. The second-order valence-corrected chi connectivity index (χ2v) is 7.53. The van der Waals surface area contributed by atoms with Crippen molar-refractivity contribution in [3.63, 3.8) is 0 Å². The Bertz CT molecular complexity index is 872. The Labute approximate surface area is 153 Å². The minimum Gasteiger partial charge on any atom is -0.322 e.